The zero-order valence-electron chi connectivity index (χ0n) is 18.7. The van der Waals surface area contributed by atoms with E-state index in [0.29, 0.717) is 28.4 Å². The van der Waals surface area contributed by atoms with Gasteiger partial charge in [0.15, 0.2) is 10.9 Å². The third-order valence-corrected chi connectivity index (χ3v) is 6.33. The number of aromatic nitrogens is 3. The van der Waals surface area contributed by atoms with Crippen molar-refractivity contribution in [2.75, 3.05) is 10.6 Å². The molecule has 3 rings (SSSR count). The topological polar surface area (TPSA) is 117 Å². The van der Waals surface area contributed by atoms with Crippen molar-refractivity contribution in [2.45, 2.75) is 44.5 Å². The predicted molar refractivity (Wildman–Crippen MR) is 132 cm³/mol. The van der Waals surface area contributed by atoms with Crippen molar-refractivity contribution in [3.63, 3.8) is 0 Å². The molecule has 1 atom stereocenters. The fraction of sp³-hybridized carbons (Fsp3) is 0.261. The third kappa shape index (κ3) is 6.00. The number of aryl methyl sites for hydroxylation is 2. The molecule has 1 heterocycles. The minimum Gasteiger partial charge on any atom is -0.325 e. The van der Waals surface area contributed by atoms with Gasteiger partial charge in [-0.3, -0.25) is 19.4 Å². The molecular formula is C23H24ClN5O3S. The first kappa shape index (κ1) is 24.5. The van der Waals surface area contributed by atoms with Crippen molar-refractivity contribution < 1.29 is 9.59 Å². The lowest BCUT2D eigenvalue weighted by molar-refractivity contribution is -0.116. The van der Waals surface area contributed by atoms with Crippen molar-refractivity contribution >= 4 is 46.6 Å². The van der Waals surface area contributed by atoms with Gasteiger partial charge in [0.05, 0.1) is 21.6 Å². The molecule has 3 aromatic rings. The maximum Gasteiger partial charge on any atom is 0.278 e. The Bertz CT molecular complexity index is 1260. The van der Waals surface area contributed by atoms with E-state index in [9.17, 15) is 14.4 Å². The van der Waals surface area contributed by atoms with Gasteiger partial charge in [-0.15, -0.1) is 10.2 Å². The Morgan fingerprint density at radius 1 is 1.15 bits per heavy atom. The highest BCUT2D eigenvalue weighted by atomic mass is 35.5. The van der Waals surface area contributed by atoms with Gasteiger partial charge in [0.25, 0.3) is 5.56 Å². The van der Waals surface area contributed by atoms with Crippen LogP contribution in [0, 0.1) is 13.8 Å². The molecule has 3 N–H and O–H groups in total. The van der Waals surface area contributed by atoms with Crippen LogP contribution in [0.15, 0.2) is 46.3 Å². The van der Waals surface area contributed by atoms with Crippen LogP contribution in [0.4, 0.5) is 11.4 Å². The highest BCUT2D eigenvalue weighted by molar-refractivity contribution is 8.00. The summed E-state index contributed by atoms with van der Waals surface area (Å²) in [6.45, 7) is 7.00. The van der Waals surface area contributed by atoms with E-state index in [4.69, 9.17) is 11.6 Å². The highest BCUT2D eigenvalue weighted by Gasteiger charge is 2.22. The number of halogens is 1. The molecule has 0 saturated carbocycles. The Morgan fingerprint density at radius 3 is 2.52 bits per heavy atom. The van der Waals surface area contributed by atoms with Crippen LogP contribution in [0.5, 0.6) is 0 Å². The standard InChI is InChI=1S/C23H24ClN5O3S/c1-5-18(21(31)26-17-9-7-6-8-16(17)24)33-23-27-22(32)20(28-29-23)15-11-12(2)10-13(3)19(15)25-14(4)30/h6-11,18H,5H2,1-4H3,(H,25,30)(H,26,31)(H,27,29,32). The van der Waals surface area contributed by atoms with E-state index in [0.717, 1.165) is 22.9 Å². The number of aromatic amines is 1. The number of anilines is 2. The van der Waals surface area contributed by atoms with Gasteiger partial charge in [0, 0.05) is 12.5 Å². The Morgan fingerprint density at radius 2 is 1.88 bits per heavy atom. The van der Waals surface area contributed by atoms with Gasteiger partial charge >= 0.3 is 0 Å². The molecule has 10 heteroatoms. The molecule has 0 aliphatic rings. The third-order valence-electron chi connectivity index (χ3n) is 4.76. The van der Waals surface area contributed by atoms with Crippen LogP contribution in [0.25, 0.3) is 11.3 Å². The lowest BCUT2D eigenvalue weighted by atomic mass is 10.0. The molecule has 0 aliphatic heterocycles. The van der Waals surface area contributed by atoms with Crippen molar-refractivity contribution in [1.29, 1.82) is 0 Å². The van der Waals surface area contributed by atoms with Gasteiger partial charge in [-0.2, -0.15) is 0 Å². The van der Waals surface area contributed by atoms with Gasteiger partial charge in [-0.25, -0.2) is 0 Å². The van der Waals surface area contributed by atoms with E-state index < -0.39 is 10.8 Å². The van der Waals surface area contributed by atoms with Gasteiger partial charge in [-0.05, 0) is 44.0 Å². The van der Waals surface area contributed by atoms with E-state index in [2.05, 4.69) is 25.8 Å². The van der Waals surface area contributed by atoms with E-state index in [1.165, 1.54) is 6.92 Å². The summed E-state index contributed by atoms with van der Waals surface area (Å²) in [6.07, 6.45) is 0.496. The number of hydrogen-bond acceptors (Lipinski definition) is 6. The summed E-state index contributed by atoms with van der Waals surface area (Å²) in [5.74, 6) is -0.514. The first-order valence-corrected chi connectivity index (χ1v) is 11.5. The van der Waals surface area contributed by atoms with Crippen LogP contribution in [0.3, 0.4) is 0 Å². The summed E-state index contributed by atoms with van der Waals surface area (Å²) in [5.41, 5.74) is 2.85. The Kier molecular flexibility index (Phi) is 7.88. The minimum absolute atomic E-state index is 0.0865. The van der Waals surface area contributed by atoms with Crippen molar-refractivity contribution in [3.05, 3.63) is 62.9 Å². The van der Waals surface area contributed by atoms with Gasteiger partial charge in [-0.1, -0.05) is 54.0 Å². The van der Waals surface area contributed by atoms with Crippen LogP contribution < -0.4 is 16.2 Å². The fourth-order valence-corrected chi connectivity index (χ4v) is 4.31. The number of H-pyrrole nitrogens is 1. The van der Waals surface area contributed by atoms with Gasteiger partial charge in [0.2, 0.25) is 11.8 Å². The average molecular weight is 486 g/mol. The fourth-order valence-electron chi connectivity index (χ4n) is 3.28. The molecule has 0 saturated heterocycles. The van der Waals surface area contributed by atoms with Crippen LogP contribution >= 0.6 is 23.4 Å². The van der Waals surface area contributed by atoms with Crippen LogP contribution in [0.2, 0.25) is 5.02 Å². The second-order valence-electron chi connectivity index (χ2n) is 7.48. The number of hydrogen-bond donors (Lipinski definition) is 3. The summed E-state index contributed by atoms with van der Waals surface area (Å²) >= 11 is 7.23. The summed E-state index contributed by atoms with van der Waals surface area (Å²) in [4.78, 5) is 40.0. The molecule has 172 valence electrons. The smallest absolute Gasteiger partial charge is 0.278 e. The van der Waals surface area contributed by atoms with Crippen molar-refractivity contribution in [3.8, 4) is 11.3 Å². The molecule has 0 spiro atoms. The molecule has 1 unspecified atom stereocenters. The number of thioether (sulfide) groups is 1. The summed E-state index contributed by atoms with van der Waals surface area (Å²) in [6, 6.07) is 10.6. The Balaban J connectivity index is 1.86. The van der Waals surface area contributed by atoms with Gasteiger partial charge < -0.3 is 10.6 Å². The summed E-state index contributed by atoms with van der Waals surface area (Å²) in [5, 5.41) is 14.0. The number of rotatable bonds is 7. The quantitative estimate of drug-likeness (QED) is 0.422. The number of carbonyl (C=O) groups is 2. The largest absolute Gasteiger partial charge is 0.325 e. The summed E-state index contributed by atoms with van der Waals surface area (Å²) < 4.78 is 0. The van der Waals surface area contributed by atoms with E-state index in [1.807, 2.05) is 26.8 Å². The molecule has 1 aromatic heterocycles. The molecule has 2 amide bonds. The molecule has 0 bridgehead atoms. The lowest BCUT2D eigenvalue weighted by Crippen LogP contribution is -2.26. The number of para-hydroxylation sites is 1. The van der Waals surface area contributed by atoms with E-state index >= 15 is 0 Å². The van der Waals surface area contributed by atoms with Crippen molar-refractivity contribution in [2.24, 2.45) is 0 Å². The number of benzene rings is 2. The second kappa shape index (κ2) is 10.6. The number of nitrogens with zero attached hydrogens (tertiary/aromatic N) is 2. The molecule has 8 nitrogen and oxygen atoms in total. The SMILES string of the molecule is CCC(Sc1nnc(-c2cc(C)cc(C)c2NC(C)=O)c(=O)[nH]1)C(=O)Nc1ccccc1Cl. The van der Waals surface area contributed by atoms with E-state index in [-0.39, 0.29) is 22.7 Å². The molecule has 2 aromatic carbocycles. The number of nitrogens with one attached hydrogen (secondary N) is 3. The molecule has 0 aliphatic carbocycles. The minimum atomic E-state index is -0.520. The second-order valence-corrected chi connectivity index (χ2v) is 9.08. The zero-order chi connectivity index (χ0) is 24.1. The molecule has 33 heavy (non-hydrogen) atoms. The van der Waals surface area contributed by atoms with Gasteiger partial charge in [0.1, 0.15) is 0 Å². The zero-order valence-corrected chi connectivity index (χ0v) is 20.2. The Hall–Kier alpha value is -3.17. The van der Waals surface area contributed by atoms with Crippen molar-refractivity contribution in [1.82, 2.24) is 15.2 Å². The van der Waals surface area contributed by atoms with Crippen LogP contribution in [-0.4, -0.2) is 32.2 Å². The summed E-state index contributed by atoms with van der Waals surface area (Å²) in [7, 11) is 0. The molecule has 0 fully saturated rings. The average Bonchev–Trinajstić information content (AvgIpc) is 2.75. The monoisotopic (exact) mass is 485 g/mol. The highest BCUT2D eigenvalue weighted by Crippen LogP contribution is 2.30. The molecular weight excluding hydrogens is 462 g/mol. The first-order valence-electron chi connectivity index (χ1n) is 10.3. The first-order chi connectivity index (χ1) is 15.7. The Labute approximate surface area is 200 Å². The predicted octanol–water partition coefficient (Wildman–Crippen LogP) is 4.57. The maximum absolute atomic E-state index is 12.9. The maximum atomic E-state index is 12.9. The van der Waals surface area contributed by atoms with E-state index in [1.54, 1.807) is 30.3 Å². The van der Waals surface area contributed by atoms with Crippen LogP contribution in [0.1, 0.15) is 31.4 Å². The number of carbonyl (C=O) groups excluding carboxylic acids is 2. The lowest BCUT2D eigenvalue weighted by Gasteiger charge is -2.15. The normalized spacial score (nSPS) is 11.7. The van der Waals surface area contributed by atoms with Crippen LogP contribution in [-0.2, 0) is 9.59 Å². The number of amides is 2. The molecule has 0 radical (unpaired) electrons.